The van der Waals surface area contributed by atoms with Crippen LogP contribution in [0, 0.1) is 12.3 Å². The van der Waals surface area contributed by atoms with Crippen molar-refractivity contribution >= 4 is 0 Å². The van der Waals surface area contributed by atoms with Crippen LogP contribution in [0.25, 0.3) is 0 Å². The van der Waals surface area contributed by atoms with Crippen molar-refractivity contribution in [3.63, 3.8) is 0 Å². The minimum atomic E-state index is 0.0874. The molecule has 0 radical (unpaired) electrons. The van der Waals surface area contributed by atoms with Crippen LogP contribution in [0.4, 0.5) is 0 Å². The predicted molar refractivity (Wildman–Crippen MR) is 98.6 cm³/mol. The molecule has 5 nitrogen and oxygen atoms in total. The topological polar surface area (TPSA) is 47.7 Å². The molecule has 0 saturated carbocycles. The van der Waals surface area contributed by atoms with E-state index in [1.54, 1.807) is 6.26 Å². The highest BCUT2D eigenvalue weighted by molar-refractivity contribution is 5.09. The molecule has 0 amide bonds. The number of nitrogens with zero attached hydrogens (tertiary/aromatic N) is 2. The van der Waals surface area contributed by atoms with Crippen LogP contribution in [0.5, 0.6) is 0 Å². The number of hydrogen-bond donors (Lipinski definition) is 0. The Morgan fingerprint density at radius 2 is 2.31 bits per heavy atom. The fourth-order valence-corrected chi connectivity index (χ4v) is 4.41. The average molecular weight is 356 g/mol. The van der Waals surface area contributed by atoms with E-state index in [0.29, 0.717) is 12.7 Å². The lowest BCUT2D eigenvalue weighted by Crippen LogP contribution is -2.56. The monoisotopic (exact) mass is 356 g/mol. The summed E-state index contributed by atoms with van der Waals surface area (Å²) in [5.74, 6) is 0. The minimum Gasteiger partial charge on any atom is -0.472 e. The van der Waals surface area contributed by atoms with Crippen LogP contribution in [-0.4, -0.2) is 42.3 Å². The number of furan rings is 1. The van der Waals surface area contributed by atoms with Gasteiger partial charge in [-0.1, -0.05) is 6.07 Å². The van der Waals surface area contributed by atoms with E-state index in [1.807, 2.05) is 31.4 Å². The molecule has 2 aromatic heterocycles. The van der Waals surface area contributed by atoms with E-state index < -0.39 is 0 Å². The number of piperidine rings is 1. The number of aromatic nitrogens is 1. The highest BCUT2D eigenvalue weighted by atomic mass is 16.5. The van der Waals surface area contributed by atoms with E-state index >= 15 is 0 Å². The number of aryl methyl sites for hydroxylation is 1. The molecule has 0 spiro atoms. The molecular weight excluding hydrogens is 328 g/mol. The molecule has 0 aromatic carbocycles. The van der Waals surface area contributed by atoms with Crippen LogP contribution < -0.4 is 0 Å². The Hall–Kier alpha value is -1.69. The number of pyridine rings is 1. The first kappa shape index (κ1) is 17.7. The first-order valence-electron chi connectivity index (χ1n) is 9.59. The lowest BCUT2D eigenvalue weighted by molar-refractivity contribution is -0.156. The summed E-state index contributed by atoms with van der Waals surface area (Å²) in [4.78, 5) is 7.06. The van der Waals surface area contributed by atoms with Gasteiger partial charge in [0.25, 0.3) is 0 Å². The maximum absolute atomic E-state index is 6.17. The third-order valence-electron chi connectivity index (χ3n) is 5.64. The molecule has 0 unspecified atom stereocenters. The lowest BCUT2D eigenvalue weighted by Gasteiger charge is -2.50. The predicted octanol–water partition coefficient (Wildman–Crippen LogP) is 3.57. The van der Waals surface area contributed by atoms with Gasteiger partial charge in [0.1, 0.15) is 0 Å². The zero-order chi connectivity index (χ0) is 17.8. The SMILES string of the molecule is Cc1cccc(COC[C@]23CCCO[C@@H]2CCN(Cc2ccoc2)C3)n1. The minimum absolute atomic E-state index is 0.0874. The normalized spacial score (nSPS) is 26.6. The molecule has 2 aliphatic rings. The molecule has 4 rings (SSSR count). The van der Waals surface area contributed by atoms with Gasteiger partial charge >= 0.3 is 0 Å². The Bertz CT molecular complexity index is 703. The molecule has 2 fully saturated rings. The summed E-state index contributed by atoms with van der Waals surface area (Å²) in [5, 5.41) is 0. The van der Waals surface area contributed by atoms with Crippen molar-refractivity contribution in [2.45, 2.75) is 45.4 Å². The van der Waals surface area contributed by atoms with Crippen molar-refractivity contribution in [1.82, 2.24) is 9.88 Å². The summed E-state index contributed by atoms with van der Waals surface area (Å²) < 4.78 is 17.5. The molecule has 0 N–H and O–H groups in total. The molecular formula is C21H28N2O3. The Kier molecular flexibility index (Phi) is 5.38. The number of ether oxygens (including phenoxy) is 2. The maximum Gasteiger partial charge on any atom is 0.0947 e. The molecule has 5 heteroatoms. The highest BCUT2D eigenvalue weighted by Crippen LogP contribution is 2.41. The first-order valence-corrected chi connectivity index (χ1v) is 9.59. The summed E-state index contributed by atoms with van der Waals surface area (Å²) in [7, 11) is 0. The summed E-state index contributed by atoms with van der Waals surface area (Å²) in [5.41, 5.74) is 3.36. The van der Waals surface area contributed by atoms with Crippen LogP contribution in [0.1, 0.15) is 36.2 Å². The Morgan fingerprint density at radius 1 is 1.35 bits per heavy atom. The molecule has 0 bridgehead atoms. The standard InChI is InChI=1S/C21H28N2O3/c1-17-4-2-5-19(22-17)14-25-16-21-8-3-10-26-20(21)6-9-23(15-21)12-18-7-11-24-13-18/h2,4-5,7,11,13,20H,3,6,8-10,12,14-16H2,1H3/t20-,21-/m1/s1. The van der Waals surface area contributed by atoms with Crippen LogP contribution in [0.3, 0.4) is 0 Å². The fraction of sp³-hybridized carbons (Fsp3) is 0.571. The summed E-state index contributed by atoms with van der Waals surface area (Å²) in [6.07, 6.45) is 7.25. The lowest BCUT2D eigenvalue weighted by atomic mass is 9.73. The molecule has 4 heterocycles. The van der Waals surface area contributed by atoms with Crippen molar-refractivity contribution in [2.75, 3.05) is 26.3 Å². The highest BCUT2D eigenvalue weighted by Gasteiger charge is 2.46. The zero-order valence-electron chi connectivity index (χ0n) is 15.5. The second kappa shape index (κ2) is 7.91. The maximum atomic E-state index is 6.17. The molecule has 2 saturated heterocycles. The molecule has 0 aliphatic carbocycles. The van der Waals surface area contributed by atoms with Gasteiger partial charge in [0, 0.05) is 42.9 Å². The first-order chi connectivity index (χ1) is 12.7. The van der Waals surface area contributed by atoms with Crippen LogP contribution in [0.15, 0.2) is 41.2 Å². The van der Waals surface area contributed by atoms with Gasteiger partial charge in [-0.2, -0.15) is 0 Å². The number of hydrogen-bond acceptors (Lipinski definition) is 5. The summed E-state index contributed by atoms with van der Waals surface area (Å²) in [6.45, 7) is 7.22. The van der Waals surface area contributed by atoms with Gasteiger partial charge in [0.15, 0.2) is 0 Å². The van der Waals surface area contributed by atoms with Crippen molar-refractivity contribution in [1.29, 1.82) is 0 Å². The van der Waals surface area contributed by atoms with Crippen LogP contribution in [0.2, 0.25) is 0 Å². The molecule has 2 atom stereocenters. The van der Waals surface area contributed by atoms with Gasteiger partial charge in [0.05, 0.1) is 37.5 Å². The van der Waals surface area contributed by atoms with Crippen molar-refractivity contribution in [3.8, 4) is 0 Å². The van der Waals surface area contributed by atoms with Gasteiger partial charge in [-0.05, 0) is 44.4 Å². The van der Waals surface area contributed by atoms with Crippen molar-refractivity contribution in [3.05, 3.63) is 53.7 Å². The molecule has 2 aliphatic heterocycles. The Morgan fingerprint density at radius 3 is 3.15 bits per heavy atom. The largest absolute Gasteiger partial charge is 0.472 e. The number of fused-ring (bicyclic) bond motifs is 1. The Labute approximate surface area is 155 Å². The second-order valence-electron chi connectivity index (χ2n) is 7.72. The molecule has 26 heavy (non-hydrogen) atoms. The number of likely N-dealkylation sites (tertiary alicyclic amines) is 1. The van der Waals surface area contributed by atoms with E-state index in [0.717, 1.165) is 57.1 Å². The van der Waals surface area contributed by atoms with Crippen LogP contribution >= 0.6 is 0 Å². The molecule has 2 aromatic rings. The van der Waals surface area contributed by atoms with Gasteiger partial charge in [-0.15, -0.1) is 0 Å². The smallest absolute Gasteiger partial charge is 0.0947 e. The summed E-state index contributed by atoms with van der Waals surface area (Å²) in [6, 6.07) is 8.14. The van der Waals surface area contributed by atoms with Gasteiger partial charge < -0.3 is 13.9 Å². The second-order valence-corrected chi connectivity index (χ2v) is 7.72. The molecule has 140 valence electrons. The third-order valence-corrected chi connectivity index (χ3v) is 5.64. The van der Waals surface area contributed by atoms with E-state index in [2.05, 4.69) is 16.0 Å². The third kappa shape index (κ3) is 4.00. The van der Waals surface area contributed by atoms with E-state index in [9.17, 15) is 0 Å². The average Bonchev–Trinajstić information content (AvgIpc) is 3.14. The summed E-state index contributed by atoms with van der Waals surface area (Å²) >= 11 is 0. The number of rotatable bonds is 6. The van der Waals surface area contributed by atoms with Crippen molar-refractivity contribution < 1.29 is 13.9 Å². The van der Waals surface area contributed by atoms with Crippen LogP contribution in [-0.2, 0) is 22.6 Å². The Balaban J connectivity index is 1.40. The van der Waals surface area contributed by atoms with Crippen molar-refractivity contribution in [2.24, 2.45) is 5.41 Å². The zero-order valence-corrected chi connectivity index (χ0v) is 15.5. The van der Waals surface area contributed by atoms with Gasteiger partial charge in [-0.3, -0.25) is 9.88 Å². The quantitative estimate of drug-likeness (QED) is 0.792. The van der Waals surface area contributed by atoms with E-state index in [1.165, 1.54) is 12.0 Å². The van der Waals surface area contributed by atoms with E-state index in [4.69, 9.17) is 13.9 Å². The van der Waals surface area contributed by atoms with E-state index in [-0.39, 0.29) is 5.41 Å². The van der Waals surface area contributed by atoms with Gasteiger partial charge in [-0.25, -0.2) is 0 Å². The fourth-order valence-electron chi connectivity index (χ4n) is 4.41. The van der Waals surface area contributed by atoms with Gasteiger partial charge in [0.2, 0.25) is 0 Å².